The Morgan fingerprint density at radius 1 is 1.22 bits per heavy atom. The number of aliphatic hydroxyl groups excluding tert-OH is 2. The van der Waals surface area contributed by atoms with Crippen molar-refractivity contribution in [1.82, 2.24) is 10.2 Å². The summed E-state index contributed by atoms with van der Waals surface area (Å²) in [4.78, 5) is 40.3. The molecule has 51 heavy (non-hydrogen) atoms. The molecule has 8 atom stereocenters. The van der Waals surface area contributed by atoms with Crippen LogP contribution in [0.4, 0.5) is 5.69 Å². The summed E-state index contributed by atoms with van der Waals surface area (Å²) >= 11 is 0. The molecule has 0 radical (unpaired) electrons. The Morgan fingerprint density at radius 3 is 2.59 bits per heavy atom. The summed E-state index contributed by atoms with van der Waals surface area (Å²) in [6.07, 6.45) is 7.42. The third-order valence-electron chi connectivity index (χ3n) is 12.4. The molecule has 5 aliphatic rings. The van der Waals surface area contributed by atoms with Crippen molar-refractivity contribution in [3.8, 4) is 0 Å². The number of benzene rings is 1. The number of amidine groups is 1. The first-order valence-electron chi connectivity index (χ1n) is 18.4. The van der Waals surface area contributed by atoms with E-state index in [1.54, 1.807) is 12.3 Å². The van der Waals surface area contributed by atoms with Gasteiger partial charge in [0, 0.05) is 56.6 Å². The van der Waals surface area contributed by atoms with E-state index in [4.69, 9.17) is 16.1 Å². The zero-order valence-electron chi connectivity index (χ0n) is 30.8. The van der Waals surface area contributed by atoms with Crippen molar-refractivity contribution in [2.24, 2.45) is 32.7 Å². The molecule has 6 rings (SSSR count). The van der Waals surface area contributed by atoms with Gasteiger partial charge in [-0.05, 0) is 79.7 Å². The normalized spacial score (nSPS) is 33.0. The molecular formula is C40H55N5O6. The van der Waals surface area contributed by atoms with Crippen LogP contribution >= 0.6 is 0 Å². The smallest absolute Gasteiger partial charge is 0.341 e. The fourth-order valence-corrected chi connectivity index (χ4v) is 9.25. The molecule has 0 bridgehead atoms. The summed E-state index contributed by atoms with van der Waals surface area (Å²) in [5, 5.41) is 25.7. The minimum atomic E-state index is -0.700. The quantitative estimate of drug-likeness (QED) is 0.220. The van der Waals surface area contributed by atoms with Crippen LogP contribution in [0.15, 0.2) is 63.8 Å². The van der Waals surface area contributed by atoms with Crippen LogP contribution in [0.3, 0.4) is 0 Å². The number of esters is 1. The molecule has 3 fully saturated rings. The van der Waals surface area contributed by atoms with E-state index in [9.17, 15) is 19.8 Å². The monoisotopic (exact) mass is 701 g/mol. The zero-order valence-corrected chi connectivity index (χ0v) is 30.8. The number of nitrogens with zero attached hydrogens (tertiary/aromatic N) is 4. The van der Waals surface area contributed by atoms with Gasteiger partial charge in [-0.15, -0.1) is 0 Å². The van der Waals surface area contributed by atoms with Gasteiger partial charge in [-0.1, -0.05) is 38.1 Å². The third-order valence-corrected chi connectivity index (χ3v) is 12.4. The highest BCUT2D eigenvalue weighted by Crippen LogP contribution is 2.62. The first-order valence-corrected chi connectivity index (χ1v) is 18.4. The number of carbonyl (C=O) groups is 2. The van der Waals surface area contributed by atoms with E-state index in [0.717, 1.165) is 42.8 Å². The average Bonchev–Trinajstić information content (AvgIpc) is 3.77. The molecule has 5 unspecified atom stereocenters. The predicted molar refractivity (Wildman–Crippen MR) is 200 cm³/mol. The Kier molecular flexibility index (Phi) is 11.1. The van der Waals surface area contributed by atoms with Gasteiger partial charge in [-0.25, -0.2) is 9.79 Å². The number of carbonyl (C=O) groups excluding carboxylic acids is 2. The van der Waals surface area contributed by atoms with Gasteiger partial charge in [-0.2, -0.15) is 0 Å². The average molecular weight is 702 g/mol. The van der Waals surface area contributed by atoms with Crippen LogP contribution in [-0.2, 0) is 19.1 Å². The Hall–Kier alpha value is -3.48. The number of hydrogen-bond donors (Lipinski definition) is 3. The van der Waals surface area contributed by atoms with E-state index >= 15 is 0 Å². The van der Waals surface area contributed by atoms with Crippen molar-refractivity contribution in [2.75, 3.05) is 58.5 Å². The molecule has 1 aromatic rings. The topological polar surface area (TPSA) is 136 Å². The summed E-state index contributed by atoms with van der Waals surface area (Å²) in [6.45, 7) is 14.1. The summed E-state index contributed by atoms with van der Waals surface area (Å²) in [5.41, 5.74) is 2.50. The fraction of sp³-hybridized carbons (Fsp3) is 0.600. The lowest BCUT2D eigenvalue weighted by Gasteiger charge is -2.62. The molecule has 276 valence electrons. The van der Waals surface area contributed by atoms with Gasteiger partial charge in [0.25, 0.3) is 0 Å². The molecule has 11 nitrogen and oxygen atoms in total. The van der Waals surface area contributed by atoms with Crippen molar-refractivity contribution in [1.29, 1.82) is 0 Å². The van der Waals surface area contributed by atoms with E-state index in [1.165, 1.54) is 0 Å². The predicted octanol–water partition coefficient (Wildman–Crippen LogP) is 3.81. The highest BCUT2D eigenvalue weighted by molar-refractivity contribution is 6.07. The van der Waals surface area contributed by atoms with E-state index in [0.29, 0.717) is 49.8 Å². The Bertz CT molecular complexity index is 1610. The molecule has 0 aromatic heterocycles. The zero-order chi connectivity index (χ0) is 36.5. The second kappa shape index (κ2) is 15.2. The lowest BCUT2D eigenvalue weighted by molar-refractivity contribution is -0.163. The van der Waals surface area contributed by atoms with Crippen LogP contribution in [0.2, 0.25) is 0 Å². The van der Waals surface area contributed by atoms with Crippen LogP contribution in [-0.4, -0.2) is 117 Å². The maximum atomic E-state index is 13.8. The molecule has 2 aliphatic carbocycles. The standard InChI is InChI=1S/C40H55N5O6/c1-25-31(39(3)12-11-36(48)40(4,24-46)35(39)22-33(25)45-15-17-50-18-16-45)21-32(43-26(2)34(47)23-37-41-13-14-42-37)30-20-29(51-38(30)49)19-27-7-9-28(10-8-27)44(5)6/h7-10,13,19-20,26,31-33,35-36,43,46,48H,1,11-12,14-18,21-24H2,2-6H3/b29-19+/t26?,31?,32?,33?,35?,36-,39-,40+/m1/s1. The van der Waals surface area contributed by atoms with Crippen LogP contribution in [0.25, 0.3) is 6.08 Å². The van der Waals surface area contributed by atoms with Crippen LogP contribution in [0.5, 0.6) is 0 Å². The third kappa shape index (κ3) is 7.55. The maximum Gasteiger partial charge on any atom is 0.341 e. The van der Waals surface area contributed by atoms with Crippen molar-refractivity contribution in [3.05, 3.63) is 59.4 Å². The number of Topliss-reactive ketones (excluding diaryl/α,β-unsaturated/α-hetero) is 1. The van der Waals surface area contributed by atoms with Gasteiger partial charge in [0.2, 0.25) is 0 Å². The minimum Gasteiger partial charge on any atom is -0.423 e. The number of fused-ring (bicyclic) bond motifs is 1. The highest BCUT2D eigenvalue weighted by Gasteiger charge is 2.60. The Balaban J connectivity index is 1.36. The number of anilines is 1. The fourth-order valence-electron chi connectivity index (χ4n) is 9.25. The van der Waals surface area contributed by atoms with Crippen LogP contribution in [0.1, 0.15) is 58.4 Å². The van der Waals surface area contributed by atoms with Gasteiger partial charge in [0.15, 0.2) is 5.78 Å². The molecular weight excluding hydrogens is 646 g/mol. The Morgan fingerprint density at radius 2 is 1.94 bits per heavy atom. The van der Waals surface area contributed by atoms with Crippen LogP contribution in [0, 0.1) is 22.7 Å². The molecule has 3 N–H and O–H groups in total. The van der Waals surface area contributed by atoms with Gasteiger partial charge < -0.3 is 29.9 Å². The molecule has 0 amide bonds. The number of ether oxygens (including phenoxy) is 2. The molecule has 11 heteroatoms. The maximum absolute atomic E-state index is 13.8. The summed E-state index contributed by atoms with van der Waals surface area (Å²) in [6, 6.07) is 6.89. The number of allylic oxidation sites excluding steroid dienone is 1. The molecule has 1 aromatic carbocycles. The minimum absolute atomic E-state index is 0.00913. The number of rotatable bonds is 12. The number of hydrogen-bond acceptors (Lipinski definition) is 11. The first-order chi connectivity index (χ1) is 24.3. The highest BCUT2D eigenvalue weighted by atomic mass is 16.5. The van der Waals surface area contributed by atoms with E-state index in [2.05, 4.69) is 27.1 Å². The second-order valence-electron chi connectivity index (χ2n) is 15.7. The summed E-state index contributed by atoms with van der Waals surface area (Å²) < 4.78 is 11.6. The molecule has 0 spiro atoms. The molecule has 3 aliphatic heterocycles. The largest absolute Gasteiger partial charge is 0.423 e. The first kappa shape index (κ1) is 37.3. The van der Waals surface area contributed by atoms with Gasteiger partial charge in [-0.3, -0.25) is 14.7 Å². The lowest BCUT2D eigenvalue weighted by Crippen LogP contribution is -2.62. The summed E-state index contributed by atoms with van der Waals surface area (Å²) in [5.74, 6) is 0.354. The van der Waals surface area contributed by atoms with E-state index < -0.39 is 29.6 Å². The second-order valence-corrected chi connectivity index (χ2v) is 15.7. The van der Waals surface area contributed by atoms with Gasteiger partial charge in [0.05, 0.1) is 50.5 Å². The molecule has 1 saturated heterocycles. The number of nitrogens with one attached hydrogen (secondary N) is 1. The number of aliphatic imine (C=N–C) groups is 2. The van der Waals surface area contributed by atoms with Crippen molar-refractivity contribution >= 4 is 35.6 Å². The van der Waals surface area contributed by atoms with Crippen molar-refractivity contribution in [2.45, 2.75) is 77.1 Å². The lowest BCUT2D eigenvalue weighted by atomic mass is 9.45. The number of aliphatic hydroxyl groups is 2. The number of ketones is 1. The molecule has 3 heterocycles. The van der Waals surface area contributed by atoms with Crippen LogP contribution < -0.4 is 10.2 Å². The van der Waals surface area contributed by atoms with E-state index in [-0.39, 0.29) is 42.1 Å². The summed E-state index contributed by atoms with van der Waals surface area (Å²) in [7, 11) is 3.97. The van der Waals surface area contributed by atoms with Gasteiger partial charge in [0.1, 0.15) is 11.6 Å². The number of morpholine rings is 1. The Labute approximate surface area is 302 Å². The van der Waals surface area contributed by atoms with Crippen molar-refractivity contribution in [3.63, 3.8) is 0 Å². The van der Waals surface area contributed by atoms with Crippen molar-refractivity contribution < 1.29 is 29.3 Å². The SMILES string of the molecule is C=C1C(N2CCOCC2)CC2[C@](C)(CC[C@@H](O)[C@@]2(C)CO)C1CC(NC(C)C(=O)CC1=NCC=N1)C1=C/C(=C\c2ccc(N(C)C)cc2)OC1=O. The molecule has 2 saturated carbocycles. The number of cyclic esters (lactones) is 1. The van der Waals surface area contributed by atoms with E-state index in [1.807, 2.05) is 63.2 Å². The van der Waals surface area contributed by atoms with Gasteiger partial charge >= 0.3 is 5.97 Å².